The first-order valence-corrected chi connectivity index (χ1v) is 7.94. The highest BCUT2D eigenvalue weighted by Crippen LogP contribution is 2.27. The zero-order valence-corrected chi connectivity index (χ0v) is 14.3. The second-order valence-electron chi connectivity index (χ2n) is 4.66. The van der Waals surface area contributed by atoms with E-state index in [1.54, 1.807) is 6.21 Å². The van der Waals surface area contributed by atoms with E-state index in [-0.39, 0.29) is 0 Å². The second kappa shape index (κ2) is 7.39. The van der Waals surface area contributed by atoms with Crippen LogP contribution in [0.15, 0.2) is 64.7 Å². The maximum Gasteiger partial charge on any atom is 0.141 e. The summed E-state index contributed by atoms with van der Waals surface area (Å²) in [5.74, 6) is 0.742. The van der Waals surface area contributed by atoms with E-state index in [4.69, 9.17) is 16.3 Å². The molecule has 0 saturated heterocycles. The quantitative estimate of drug-likeness (QED) is 0.614. The average molecular weight is 392 g/mol. The predicted octanol–water partition coefficient (Wildman–Crippen LogP) is 4.16. The van der Waals surface area contributed by atoms with Crippen molar-refractivity contribution < 1.29 is 4.74 Å². The number of rotatable bonds is 5. The molecule has 0 radical (unpaired) electrons. The van der Waals surface area contributed by atoms with Crippen LogP contribution in [0.2, 0.25) is 5.02 Å². The van der Waals surface area contributed by atoms with Crippen LogP contribution >= 0.6 is 27.5 Å². The van der Waals surface area contributed by atoms with Gasteiger partial charge in [-0.1, -0.05) is 29.8 Å². The Morgan fingerprint density at radius 3 is 2.70 bits per heavy atom. The normalized spacial score (nSPS) is 11.0. The number of benzene rings is 2. The van der Waals surface area contributed by atoms with Crippen LogP contribution < -0.4 is 4.74 Å². The van der Waals surface area contributed by atoms with E-state index in [1.165, 1.54) is 17.3 Å². The molecule has 0 aliphatic heterocycles. The van der Waals surface area contributed by atoms with Crippen LogP contribution in [0, 0.1) is 0 Å². The third-order valence-corrected chi connectivity index (χ3v) is 4.03. The van der Waals surface area contributed by atoms with E-state index in [2.05, 4.69) is 31.2 Å². The molecule has 5 nitrogen and oxygen atoms in total. The lowest BCUT2D eigenvalue weighted by molar-refractivity contribution is 0.304. The smallest absolute Gasteiger partial charge is 0.141 e. The third-order valence-electron chi connectivity index (χ3n) is 3.04. The van der Waals surface area contributed by atoms with Gasteiger partial charge in [-0.15, -0.1) is 10.2 Å². The molecule has 0 spiro atoms. The van der Waals surface area contributed by atoms with Crippen LogP contribution in [-0.2, 0) is 6.61 Å². The Labute approximate surface area is 146 Å². The number of nitrogens with zero attached hydrogens (tertiary/aromatic N) is 4. The molecule has 116 valence electrons. The highest BCUT2D eigenvalue weighted by Gasteiger charge is 2.04. The topological polar surface area (TPSA) is 52.3 Å². The van der Waals surface area contributed by atoms with E-state index in [1.807, 2.05) is 42.5 Å². The first kappa shape index (κ1) is 15.7. The van der Waals surface area contributed by atoms with Crippen LogP contribution in [0.5, 0.6) is 5.75 Å². The molecule has 0 aliphatic rings. The number of ether oxygens (including phenoxy) is 1. The van der Waals surface area contributed by atoms with E-state index in [9.17, 15) is 0 Å². The molecule has 0 bridgehead atoms. The van der Waals surface area contributed by atoms with E-state index >= 15 is 0 Å². The number of aromatic nitrogens is 3. The zero-order chi connectivity index (χ0) is 16.1. The molecule has 3 rings (SSSR count). The molecule has 0 amide bonds. The van der Waals surface area contributed by atoms with Crippen LogP contribution in [0.25, 0.3) is 0 Å². The Morgan fingerprint density at radius 1 is 1.17 bits per heavy atom. The van der Waals surface area contributed by atoms with Crippen LogP contribution in [-0.4, -0.2) is 21.1 Å². The summed E-state index contributed by atoms with van der Waals surface area (Å²) in [4.78, 5) is 0. The summed E-state index contributed by atoms with van der Waals surface area (Å²) in [6.45, 7) is 0.409. The van der Waals surface area contributed by atoms with E-state index < -0.39 is 0 Å². The lowest BCUT2D eigenvalue weighted by Gasteiger charge is -2.09. The van der Waals surface area contributed by atoms with Gasteiger partial charge in [-0.3, -0.25) is 0 Å². The van der Waals surface area contributed by atoms with Gasteiger partial charge in [-0.25, -0.2) is 4.68 Å². The Balaban J connectivity index is 1.68. The summed E-state index contributed by atoms with van der Waals surface area (Å²) in [6.07, 6.45) is 4.76. The fourth-order valence-corrected chi connectivity index (χ4v) is 2.57. The summed E-state index contributed by atoms with van der Waals surface area (Å²) in [5, 5.41) is 12.3. The minimum Gasteiger partial charge on any atom is -0.488 e. The van der Waals surface area contributed by atoms with Gasteiger partial charge in [-0.2, -0.15) is 5.10 Å². The number of hydrogen-bond acceptors (Lipinski definition) is 4. The minimum atomic E-state index is 0.409. The molecule has 1 heterocycles. The second-order valence-corrected chi connectivity index (χ2v) is 5.92. The summed E-state index contributed by atoms with van der Waals surface area (Å²) in [7, 11) is 0. The van der Waals surface area contributed by atoms with Crippen molar-refractivity contribution in [3.63, 3.8) is 0 Å². The highest BCUT2D eigenvalue weighted by molar-refractivity contribution is 9.10. The molecule has 2 aromatic carbocycles. The van der Waals surface area contributed by atoms with Crippen molar-refractivity contribution >= 4 is 33.7 Å². The van der Waals surface area contributed by atoms with Crippen molar-refractivity contribution in [2.45, 2.75) is 6.61 Å². The number of hydrogen-bond donors (Lipinski definition) is 0. The van der Waals surface area contributed by atoms with Gasteiger partial charge in [0, 0.05) is 10.6 Å². The lowest BCUT2D eigenvalue weighted by atomic mass is 10.2. The van der Waals surface area contributed by atoms with Crippen LogP contribution in [0.1, 0.15) is 11.1 Å². The maximum absolute atomic E-state index is 6.12. The van der Waals surface area contributed by atoms with E-state index in [0.717, 1.165) is 21.3 Å². The molecule has 3 aromatic rings. The van der Waals surface area contributed by atoms with Gasteiger partial charge in [0.25, 0.3) is 0 Å². The molecule has 0 saturated carbocycles. The fourth-order valence-electron chi connectivity index (χ4n) is 1.87. The molecule has 0 aliphatic carbocycles. The highest BCUT2D eigenvalue weighted by atomic mass is 79.9. The molecule has 0 unspecified atom stereocenters. The molecular weight excluding hydrogens is 380 g/mol. The first-order chi connectivity index (χ1) is 11.2. The Morgan fingerprint density at radius 2 is 1.96 bits per heavy atom. The average Bonchev–Trinajstić information content (AvgIpc) is 3.07. The van der Waals surface area contributed by atoms with Gasteiger partial charge in [0.15, 0.2) is 0 Å². The van der Waals surface area contributed by atoms with E-state index in [0.29, 0.717) is 11.6 Å². The minimum absolute atomic E-state index is 0.409. The summed E-state index contributed by atoms with van der Waals surface area (Å²) in [6, 6.07) is 13.3. The van der Waals surface area contributed by atoms with Crippen LogP contribution in [0.3, 0.4) is 0 Å². The number of halogens is 2. The summed E-state index contributed by atoms with van der Waals surface area (Å²) in [5.41, 5.74) is 1.87. The van der Waals surface area contributed by atoms with Crippen molar-refractivity contribution in [2.75, 3.05) is 0 Å². The van der Waals surface area contributed by atoms with Gasteiger partial charge in [0.05, 0.1) is 10.7 Å². The molecule has 0 fully saturated rings. The summed E-state index contributed by atoms with van der Waals surface area (Å²) < 4.78 is 8.18. The van der Waals surface area contributed by atoms with Gasteiger partial charge in [-0.05, 0) is 45.8 Å². The molecule has 7 heteroatoms. The first-order valence-electron chi connectivity index (χ1n) is 6.77. The zero-order valence-electron chi connectivity index (χ0n) is 11.9. The van der Waals surface area contributed by atoms with Gasteiger partial charge in [0.1, 0.15) is 25.0 Å². The molecule has 1 aromatic heterocycles. The largest absolute Gasteiger partial charge is 0.488 e. The summed E-state index contributed by atoms with van der Waals surface area (Å²) >= 11 is 9.63. The molecular formula is C16H12BrClN4O. The molecule has 23 heavy (non-hydrogen) atoms. The van der Waals surface area contributed by atoms with Crippen molar-refractivity contribution in [2.24, 2.45) is 5.10 Å². The monoisotopic (exact) mass is 390 g/mol. The predicted molar refractivity (Wildman–Crippen MR) is 92.9 cm³/mol. The van der Waals surface area contributed by atoms with Crippen molar-refractivity contribution in [3.8, 4) is 5.75 Å². The maximum atomic E-state index is 6.12. The molecule has 0 atom stereocenters. The SMILES string of the molecule is Clc1ccccc1COc1ccc(/C=N\n2cnnc2)cc1Br. The lowest BCUT2D eigenvalue weighted by Crippen LogP contribution is -1.97. The Bertz CT molecular complexity index is 821. The molecule has 0 N–H and O–H groups in total. The Hall–Kier alpha value is -2.18. The van der Waals surface area contributed by atoms with Gasteiger partial charge < -0.3 is 4.74 Å². The standard InChI is InChI=1S/C16H12BrClN4O/c17-14-7-12(8-21-22-10-19-20-11-22)5-6-16(14)23-9-13-3-1-2-4-15(13)18/h1-8,10-11H,9H2/b21-8-. The fraction of sp³-hybridized carbons (Fsp3) is 0.0625. The Kier molecular flexibility index (Phi) is 5.05. The van der Waals surface area contributed by atoms with Gasteiger partial charge >= 0.3 is 0 Å². The van der Waals surface area contributed by atoms with Crippen molar-refractivity contribution in [1.29, 1.82) is 0 Å². The van der Waals surface area contributed by atoms with Crippen molar-refractivity contribution in [1.82, 2.24) is 14.9 Å². The van der Waals surface area contributed by atoms with Crippen molar-refractivity contribution in [3.05, 3.63) is 75.7 Å². The third kappa shape index (κ3) is 4.18. The van der Waals surface area contributed by atoms with Crippen LogP contribution in [0.4, 0.5) is 0 Å². The van der Waals surface area contributed by atoms with Gasteiger partial charge in [0.2, 0.25) is 0 Å².